The summed E-state index contributed by atoms with van der Waals surface area (Å²) < 4.78 is 0. The number of fused-ring (bicyclic) bond motifs is 1. The lowest BCUT2D eigenvalue weighted by Crippen LogP contribution is -2.41. The number of aliphatic hydroxyl groups is 1. The smallest absolute Gasteiger partial charge is 0.314 e. The molecular formula is C18H17N3O4S. The molecule has 2 heterocycles. The molecule has 0 bridgehead atoms. The van der Waals surface area contributed by atoms with Gasteiger partial charge >= 0.3 is 11.1 Å². The summed E-state index contributed by atoms with van der Waals surface area (Å²) in [5.74, 6) is -0.0667. The summed E-state index contributed by atoms with van der Waals surface area (Å²) in [6, 6.07) is 8.50. The van der Waals surface area contributed by atoms with Gasteiger partial charge in [0, 0.05) is 10.4 Å². The number of hydrogen-bond donors (Lipinski definition) is 4. The van der Waals surface area contributed by atoms with Gasteiger partial charge in [-0.15, -0.1) is 11.3 Å². The van der Waals surface area contributed by atoms with Crippen molar-refractivity contribution in [2.24, 2.45) is 5.92 Å². The minimum absolute atomic E-state index is 0.156. The Morgan fingerprint density at radius 3 is 2.54 bits per heavy atom. The highest BCUT2D eigenvalue weighted by Crippen LogP contribution is 2.39. The molecule has 2 aromatic heterocycles. The van der Waals surface area contributed by atoms with Crippen molar-refractivity contribution in [1.29, 1.82) is 0 Å². The van der Waals surface area contributed by atoms with Crippen molar-refractivity contribution in [3.05, 3.63) is 66.9 Å². The first-order valence-corrected chi connectivity index (χ1v) is 9.18. The molecule has 0 aliphatic heterocycles. The van der Waals surface area contributed by atoms with Crippen LogP contribution in [-0.4, -0.2) is 27.1 Å². The molecule has 1 fully saturated rings. The zero-order chi connectivity index (χ0) is 18.3. The second-order valence-corrected chi connectivity index (χ2v) is 7.50. The number of nitrogens with one attached hydrogen (secondary N) is 3. The molecule has 3 aromatic rings. The Balaban J connectivity index is 1.61. The number of aromatic amines is 2. The highest BCUT2D eigenvalue weighted by Gasteiger charge is 2.36. The first kappa shape index (κ1) is 16.7. The molecule has 1 amide bonds. The van der Waals surface area contributed by atoms with E-state index < -0.39 is 11.1 Å². The summed E-state index contributed by atoms with van der Waals surface area (Å²) in [4.78, 5) is 41.6. The lowest BCUT2D eigenvalue weighted by Gasteiger charge is -2.37. The second kappa shape index (κ2) is 6.54. The van der Waals surface area contributed by atoms with Crippen LogP contribution in [0.5, 0.6) is 0 Å². The van der Waals surface area contributed by atoms with E-state index in [1.807, 2.05) is 17.5 Å². The number of H-pyrrole nitrogens is 2. The summed E-state index contributed by atoms with van der Waals surface area (Å²) >= 11 is 1.57. The van der Waals surface area contributed by atoms with Gasteiger partial charge in [-0.25, -0.2) is 0 Å². The van der Waals surface area contributed by atoms with E-state index in [1.165, 1.54) is 0 Å². The van der Waals surface area contributed by atoms with Crippen LogP contribution in [0.2, 0.25) is 0 Å². The van der Waals surface area contributed by atoms with Crippen LogP contribution in [0.1, 0.15) is 34.1 Å². The van der Waals surface area contributed by atoms with Crippen molar-refractivity contribution in [3.63, 3.8) is 0 Å². The predicted octanol–water partition coefficient (Wildman–Crippen LogP) is 1.52. The van der Waals surface area contributed by atoms with Gasteiger partial charge in [0.1, 0.15) is 0 Å². The number of rotatable bonds is 4. The summed E-state index contributed by atoms with van der Waals surface area (Å²) in [6.45, 7) is 0. The van der Waals surface area contributed by atoms with Gasteiger partial charge in [0.05, 0.1) is 23.2 Å². The van der Waals surface area contributed by atoms with Crippen LogP contribution < -0.4 is 16.4 Å². The molecule has 4 rings (SSSR count). The number of aromatic nitrogens is 2. The van der Waals surface area contributed by atoms with Crippen molar-refractivity contribution in [2.75, 3.05) is 0 Å². The third kappa shape index (κ3) is 3.09. The summed E-state index contributed by atoms with van der Waals surface area (Å²) in [5.41, 5.74) is -0.232. The van der Waals surface area contributed by atoms with Crippen LogP contribution in [0.15, 0.2) is 45.3 Å². The van der Waals surface area contributed by atoms with Crippen molar-refractivity contribution < 1.29 is 9.90 Å². The van der Waals surface area contributed by atoms with Crippen molar-refractivity contribution in [1.82, 2.24) is 15.3 Å². The summed E-state index contributed by atoms with van der Waals surface area (Å²) in [5, 5.41) is 14.6. The van der Waals surface area contributed by atoms with E-state index >= 15 is 0 Å². The third-order valence-corrected chi connectivity index (χ3v) is 5.70. The maximum absolute atomic E-state index is 12.7. The average molecular weight is 371 g/mol. The van der Waals surface area contributed by atoms with E-state index in [-0.39, 0.29) is 24.0 Å². The van der Waals surface area contributed by atoms with Crippen LogP contribution in [0, 0.1) is 5.92 Å². The Morgan fingerprint density at radius 1 is 1.15 bits per heavy atom. The molecule has 26 heavy (non-hydrogen) atoms. The van der Waals surface area contributed by atoms with Gasteiger partial charge < -0.3 is 20.4 Å². The largest absolute Gasteiger partial charge is 0.393 e. The van der Waals surface area contributed by atoms with Crippen LogP contribution in [-0.2, 0) is 0 Å². The van der Waals surface area contributed by atoms with Crippen LogP contribution >= 0.6 is 11.3 Å². The van der Waals surface area contributed by atoms with E-state index in [9.17, 15) is 19.5 Å². The number of thiophene rings is 1. The number of aliphatic hydroxyl groups excluding tert-OH is 1. The zero-order valence-corrected chi connectivity index (χ0v) is 14.5. The molecule has 8 heteroatoms. The fourth-order valence-electron chi connectivity index (χ4n) is 3.27. The van der Waals surface area contributed by atoms with Crippen molar-refractivity contribution in [3.8, 4) is 0 Å². The highest BCUT2D eigenvalue weighted by atomic mass is 32.1. The maximum atomic E-state index is 12.7. The molecule has 1 aliphatic carbocycles. The highest BCUT2D eigenvalue weighted by molar-refractivity contribution is 7.10. The van der Waals surface area contributed by atoms with Gasteiger partial charge in [-0.3, -0.25) is 14.4 Å². The van der Waals surface area contributed by atoms with E-state index in [1.54, 1.807) is 29.5 Å². The second-order valence-electron chi connectivity index (χ2n) is 6.52. The van der Waals surface area contributed by atoms with Crippen LogP contribution in [0.4, 0.5) is 0 Å². The first-order chi connectivity index (χ1) is 12.5. The number of amides is 1. The van der Waals surface area contributed by atoms with Gasteiger partial charge in [0.15, 0.2) is 0 Å². The van der Waals surface area contributed by atoms with Crippen LogP contribution in [0.25, 0.3) is 11.0 Å². The number of hydrogen-bond acceptors (Lipinski definition) is 5. The monoisotopic (exact) mass is 371 g/mol. The predicted molar refractivity (Wildman–Crippen MR) is 98.4 cm³/mol. The molecule has 0 spiro atoms. The molecule has 0 saturated heterocycles. The van der Waals surface area contributed by atoms with Gasteiger partial charge in [-0.1, -0.05) is 6.07 Å². The zero-order valence-electron chi connectivity index (χ0n) is 13.7. The molecule has 1 atom stereocenters. The maximum Gasteiger partial charge on any atom is 0.314 e. The topological polar surface area (TPSA) is 115 Å². The number of carbonyl (C=O) groups is 1. The number of carbonyl (C=O) groups excluding carboxylic acids is 1. The SMILES string of the molecule is O=C(N[C@@H](c1cccs1)C1CC(O)C1)c1ccc2[nH]c(=O)c(=O)[nH]c2c1. The van der Waals surface area contributed by atoms with Gasteiger partial charge in [-0.05, 0) is 48.4 Å². The normalized spacial score (nSPS) is 20.5. The molecule has 4 N–H and O–H groups in total. The molecule has 134 valence electrons. The van der Waals surface area contributed by atoms with E-state index in [4.69, 9.17) is 0 Å². The molecule has 0 radical (unpaired) electrons. The molecular weight excluding hydrogens is 354 g/mol. The average Bonchev–Trinajstić information content (AvgIpc) is 3.12. The lowest BCUT2D eigenvalue weighted by molar-refractivity contribution is 0.0241. The Labute approximate surface area is 151 Å². The Bertz CT molecular complexity index is 1060. The minimum atomic E-state index is -0.755. The van der Waals surface area contributed by atoms with Gasteiger partial charge in [0.2, 0.25) is 0 Å². The van der Waals surface area contributed by atoms with Crippen LogP contribution in [0.3, 0.4) is 0 Å². The molecule has 1 aliphatic rings. The van der Waals surface area contributed by atoms with Crippen molar-refractivity contribution in [2.45, 2.75) is 25.0 Å². The Hall–Kier alpha value is -2.71. The first-order valence-electron chi connectivity index (χ1n) is 8.30. The molecule has 7 nitrogen and oxygen atoms in total. The third-order valence-electron chi connectivity index (χ3n) is 4.74. The summed E-state index contributed by atoms with van der Waals surface area (Å²) in [7, 11) is 0. The van der Waals surface area contributed by atoms with E-state index in [2.05, 4.69) is 15.3 Å². The fourth-order valence-corrected chi connectivity index (χ4v) is 4.14. The van der Waals surface area contributed by atoms with Gasteiger partial charge in [-0.2, -0.15) is 0 Å². The Morgan fingerprint density at radius 2 is 1.88 bits per heavy atom. The lowest BCUT2D eigenvalue weighted by atomic mass is 9.76. The standard InChI is InChI=1S/C18H17N3O4S/c22-11-6-10(7-11)15(14-2-1-5-26-14)21-16(23)9-3-4-12-13(8-9)20-18(25)17(24)19-12/h1-5,8,10-11,15,22H,6-7H2,(H,19,24)(H,20,25)(H,21,23)/t10?,11?,15-/m1/s1. The fraction of sp³-hybridized carbons (Fsp3) is 0.278. The van der Waals surface area contributed by atoms with E-state index in [0.717, 1.165) is 4.88 Å². The number of benzene rings is 1. The van der Waals surface area contributed by atoms with Gasteiger partial charge in [0.25, 0.3) is 5.91 Å². The molecule has 1 aromatic carbocycles. The molecule has 1 saturated carbocycles. The minimum Gasteiger partial charge on any atom is -0.393 e. The quantitative estimate of drug-likeness (QED) is 0.521. The Kier molecular flexibility index (Phi) is 4.21. The summed E-state index contributed by atoms with van der Waals surface area (Å²) in [6.07, 6.45) is 1.02. The van der Waals surface area contributed by atoms with Crippen molar-refractivity contribution >= 4 is 28.3 Å². The molecule has 0 unspecified atom stereocenters. The van der Waals surface area contributed by atoms with E-state index in [0.29, 0.717) is 29.4 Å².